The summed E-state index contributed by atoms with van der Waals surface area (Å²) in [5.74, 6) is 0.00924. The van der Waals surface area contributed by atoms with Crippen LogP contribution in [0, 0.1) is 0 Å². The van der Waals surface area contributed by atoms with E-state index in [9.17, 15) is 21.6 Å². The van der Waals surface area contributed by atoms with Gasteiger partial charge in [-0.1, -0.05) is 12.1 Å². The SMILES string of the molecule is CNCCCCS(=O)(=O)NCc1ccc(C(F)(F)F)cc1. The summed E-state index contributed by atoms with van der Waals surface area (Å²) >= 11 is 0. The van der Waals surface area contributed by atoms with Gasteiger partial charge in [0.2, 0.25) is 10.0 Å². The molecule has 0 bridgehead atoms. The maximum atomic E-state index is 12.4. The molecule has 0 spiro atoms. The first kappa shape index (κ1) is 17.9. The number of nitrogens with one attached hydrogen (secondary N) is 2. The van der Waals surface area contributed by atoms with Crippen LogP contribution in [0.15, 0.2) is 24.3 Å². The van der Waals surface area contributed by atoms with Gasteiger partial charge in [-0.2, -0.15) is 13.2 Å². The van der Waals surface area contributed by atoms with E-state index in [4.69, 9.17) is 0 Å². The second kappa shape index (κ2) is 7.77. The lowest BCUT2D eigenvalue weighted by Gasteiger charge is -2.09. The van der Waals surface area contributed by atoms with E-state index in [1.807, 2.05) is 0 Å². The lowest BCUT2D eigenvalue weighted by Crippen LogP contribution is -2.26. The summed E-state index contributed by atoms with van der Waals surface area (Å²) in [6.07, 6.45) is -3.10. The van der Waals surface area contributed by atoms with Crippen molar-refractivity contribution in [3.05, 3.63) is 35.4 Å². The van der Waals surface area contributed by atoms with E-state index in [0.29, 0.717) is 12.0 Å². The van der Waals surface area contributed by atoms with Gasteiger partial charge in [0.1, 0.15) is 0 Å². The van der Waals surface area contributed by atoms with E-state index >= 15 is 0 Å². The van der Waals surface area contributed by atoms with Gasteiger partial charge in [0, 0.05) is 6.54 Å². The summed E-state index contributed by atoms with van der Waals surface area (Å²) in [4.78, 5) is 0. The first-order valence-corrected chi connectivity index (χ1v) is 8.18. The average molecular weight is 324 g/mol. The van der Waals surface area contributed by atoms with Crippen molar-refractivity contribution >= 4 is 10.0 Å². The van der Waals surface area contributed by atoms with E-state index in [0.717, 1.165) is 25.1 Å². The average Bonchev–Trinajstić information content (AvgIpc) is 2.41. The summed E-state index contributed by atoms with van der Waals surface area (Å²) < 4.78 is 62.9. The second-order valence-electron chi connectivity index (χ2n) is 4.65. The van der Waals surface area contributed by atoms with Crippen molar-refractivity contribution in [1.82, 2.24) is 10.0 Å². The van der Waals surface area contributed by atoms with Crippen molar-refractivity contribution in [2.75, 3.05) is 19.3 Å². The van der Waals surface area contributed by atoms with Crippen molar-refractivity contribution in [3.8, 4) is 0 Å². The summed E-state index contributed by atoms with van der Waals surface area (Å²) in [6.45, 7) is 0.737. The molecule has 0 aromatic heterocycles. The molecule has 0 amide bonds. The van der Waals surface area contributed by atoms with Crippen molar-refractivity contribution in [2.45, 2.75) is 25.6 Å². The molecule has 0 saturated heterocycles. The summed E-state index contributed by atoms with van der Waals surface area (Å²) in [7, 11) is -1.61. The highest BCUT2D eigenvalue weighted by Crippen LogP contribution is 2.29. The Labute approximate surface area is 122 Å². The van der Waals surface area contributed by atoms with E-state index in [-0.39, 0.29) is 12.3 Å². The molecule has 1 aromatic rings. The molecule has 0 aliphatic rings. The molecule has 0 saturated carbocycles. The first-order chi connectivity index (χ1) is 9.74. The molecular formula is C13H19F3N2O2S. The van der Waals surface area contributed by atoms with Gasteiger partial charge in [-0.15, -0.1) is 0 Å². The van der Waals surface area contributed by atoms with Gasteiger partial charge in [-0.25, -0.2) is 13.1 Å². The van der Waals surface area contributed by atoms with Crippen LogP contribution in [0.5, 0.6) is 0 Å². The number of halogens is 3. The van der Waals surface area contributed by atoms with Crippen LogP contribution in [0.4, 0.5) is 13.2 Å². The van der Waals surface area contributed by atoms with Gasteiger partial charge in [0.15, 0.2) is 0 Å². The number of rotatable bonds is 8. The van der Waals surface area contributed by atoms with E-state index < -0.39 is 21.8 Å². The molecule has 4 nitrogen and oxygen atoms in total. The van der Waals surface area contributed by atoms with Crippen molar-refractivity contribution in [2.24, 2.45) is 0 Å². The van der Waals surface area contributed by atoms with Crippen LogP contribution in [0.25, 0.3) is 0 Å². The van der Waals surface area contributed by atoms with Crippen molar-refractivity contribution in [3.63, 3.8) is 0 Å². The molecule has 21 heavy (non-hydrogen) atoms. The number of hydrogen-bond donors (Lipinski definition) is 2. The fourth-order valence-corrected chi connectivity index (χ4v) is 2.79. The van der Waals surface area contributed by atoms with Gasteiger partial charge in [0.05, 0.1) is 11.3 Å². The van der Waals surface area contributed by atoms with Gasteiger partial charge in [-0.05, 0) is 44.1 Å². The summed E-state index contributed by atoms with van der Waals surface area (Å²) in [5.41, 5.74) is -0.261. The highest BCUT2D eigenvalue weighted by Gasteiger charge is 2.29. The van der Waals surface area contributed by atoms with Gasteiger partial charge >= 0.3 is 6.18 Å². The molecular weight excluding hydrogens is 305 g/mol. The largest absolute Gasteiger partial charge is 0.416 e. The van der Waals surface area contributed by atoms with Gasteiger partial charge in [0.25, 0.3) is 0 Å². The minimum Gasteiger partial charge on any atom is -0.320 e. The third-order valence-electron chi connectivity index (χ3n) is 2.87. The number of unbranched alkanes of at least 4 members (excludes halogenated alkanes) is 1. The Balaban J connectivity index is 2.47. The molecule has 1 aromatic carbocycles. The Hall–Kier alpha value is -1.12. The van der Waals surface area contributed by atoms with Crippen molar-refractivity contribution < 1.29 is 21.6 Å². The number of benzene rings is 1. The fraction of sp³-hybridized carbons (Fsp3) is 0.538. The number of hydrogen-bond acceptors (Lipinski definition) is 3. The zero-order valence-corrected chi connectivity index (χ0v) is 12.5. The monoisotopic (exact) mass is 324 g/mol. The minimum atomic E-state index is -4.38. The zero-order valence-electron chi connectivity index (χ0n) is 11.7. The number of sulfonamides is 1. The molecule has 120 valence electrons. The third kappa shape index (κ3) is 6.92. The molecule has 2 N–H and O–H groups in total. The predicted octanol–water partition coefficient (Wildman–Crippen LogP) is 2.12. The Morgan fingerprint density at radius 3 is 2.24 bits per heavy atom. The van der Waals surface area contributed by atoms with Crippen molar-refractivity contribution in [1.29, 1.82) is 0 Å². The second-order valence-corrected chi connectivity index (χ2v) is 6.57. The highest BCUT2D eigenvalue weighted by atomic mass is 32.2. The highest BCUT2D eigenvalue weighted by molar-refractivity contribution is 7.89. The van der Waals surface area contributed by atoms with E-state index in [1.165, 1.54) is 12.1 Å². The molecule has 1 rings (SSSR count). The Bertz CT molecular complexity index is 527. The topological polar surface area (TPSA) is 58.2 Å². The van der Waals surface area contributed by atoms with Crippen LogP contribution in [-0.4, -0.2) is 27.8 Å². The van der Waals surface area contributed by atoms with Gasteiger partial charge in [-0.3, -0.25) is 0 Å². The number of alkyl halides is 3. The molecule has 0 heterocycles. The summed E-state index contributed by atoms with van der Waals surface area (Å²) in [5, 5.41) is 2.92. The first-order valence-electron chi connectivity index (χ1n) is 6.53. The van der Waals surface area contributed by atoms with Gasteiger partial charge < -0.3 is 5.32 Å². The fourth-order valence-electron chi connectivity index (χ4n) is 1.67. The normalized spacial score (nSPS) is 12.6. The van der Waals surface area contributed by atoms with Crippen LogP contribution in [0.1, 0.15) is 24.0 Å². The van der Waals surface area contributed by atoms with Crippen LogP contribution in [0.2, 0.25) is 0 Å². The Morgan fingerprint density at radius 1 is 1.10 bits per heavy atom. The molecule has 0 unspecified atom stereocenters. The molecule has 0 radical (unpaired) electrons. The molecule has 0 aliphatic heterocycles. The molecule has 8 heteroatoms. The maximum absolute atomic E-state index is 12.4. The van der Waals surface area contributed by atoms with Crippen LogP contribution in [-0.2, 0) is 22.7 Å². The maximum Gasteiger partial charge on any atom is 0.416 e. The van der Waals surface area contributed by atoms with Crippen LogP contribution in [0.3, 0.4) is 0 Å². The molecule has 0 fully saturated rings. The molecule has 0 atom stereocenters. The predicted molar refractivity (Wildman–Crippen MR) is 75.2 cm³/mol. The van der Waals surface area contributed by atoms with Crippen LogP contribution >= 0.6 is 0 Å². The lowest BCUT2D eigenvalue weighted by atomic mass is 10.1. The summed E-state index contributed by atoms with van der Waals surface area (Å²) in [6, 6.07) is 4.42. The molecule has 0 aliphatic carbocycles. The Morgan fingerprint density at radius 2 is 1.71 bits per heavy atom. The van der Waals surface area contributed by atoms with E-state index in [2.05, 4.69) is 10.0 Å². The Kier molecular flexibility index (Phi) is 6.63. The van der Waals surface area contributed by atoms with Crippen LogP contribution < -0.4 is 10.0 Å². The standard InChI is InChI=1S/C13H19F3N2O2S/c1-17-8-2-3-9-21(19,20)18-10-11-4-6-12(7-5-11)13(14,15)16/h4-7,17-18H,2-3,8-10H2,1H3. The minimum absolute atomic E-state index is 0.00744. The zero-order chi connectivity index (χ0) is 15.9. The smallest absolute Gasteiger partial charge is 0.320 e. The lowest BCUT2D eigenvalue weighted by molar-refractivity contribution is -0.137. The third-order valence-corrected chi connectivity index (χ3v) is 4.28. The quantitative estimate of drug-likeness (QED) is 0.720. The van der Waals surface area contributed by atoms with E-state index in [1.54, 1.807) is 7.05 Å².